The van der Waals surface area contributed by atoms with Gasteiger partial charge in [0.15, 0.2) is 5.05 Å². The summed E-state index contributed by atoms with van der Waals surface area (Å²) in [6.45, 7) is 12.6. The van der Waals surface area contributed by atoms with Crippen molar-refractivity contribution in [2.24, 2.45) is 11.8 Å². The van der Waals surface area contributed by atoms with Crippen LogP contribution in [0, 0.1) is 11.8 Å². The standard InChI is InChI=1S/C8H13NS2.C7H11NOS2.CH4/c1-5(2)7-6(3)11-8(10)9(7)4;1-4(2)5-6(10)9-7(11)8(5)3;/h5,7H,3H2,1-2,4H3;4-5H,1-3H3;1H4. The minimum Gasteiger partial charge on any atom is -0.422 e. The van der Waals surface area contributed by atoms with Crippen LogP contribution in [0.1, 0.15) is 35.1 Å². The van der Waals surface area contributed by atoms with Crippen molar-refractivity contribution in [2.75, 3.05) is 14.1 Å². The van der Waals surface area contributed by atoms with Crippen molar-refractivity contribution in [2.45, 2.75) is 47.2 Å². The number of thiocarbonyl (C=S) groups is 3. The highest BCUT2D eigenvalue weighted by molar-refractivity contribution is 8.25. The van der Waals surface area contributed by atoms with Gasteiger partial charge in [0.2, 0.25) is 0 Å². The highest BCUT2D eigenvalue weighted by Gasteiger charge is 2.34. The lowest BCUT2D eigenvalue weighted by atomic mass is 10.0. The molecule has 0 aromatic heterocycles. The molecule has 0 aromatic carbocycles. The fourth-order valence-electron chi connectivity index (χ4n) is 2.60. The number of ether oxygens (including phenoxy) is 1. The van der Waals surface area contributed by atoms with E-state index >= 15 is 0 Å². The van der Waals surface area contributed by atoms with Crippen molar-refractivity contribution in [3.63, 3.8) is 0 Å². The van der Waals surface area contributed by atoms with Crippen LogP contribution in [0.3, 0.4) is 0 Å². The number of rotatable bonds is 2. The first-order valence-corrected chi connectivity index (χ1v) is 9.24. The van der Waals surface area contributed by atoms with Gasteiger partial charge in [-0.25, -0.2) is 0 Å². The summed E-state index contributed by atoms with van der Waals surface area (Å²) >= 11 is 16.7. The van der Waals surface area contributed by atoms with Crippen molar-refractivity contribution in [3.8, 4) is 0 Å². The van der Waals surface area contributed by atoms with E-state index in [1.165, 1.54) is 4.91 Å². The lowest BCUT2D eigenvalue weighted by molar-refractivity contribution is 0.354. The van der Waals surface area contributed by atoms with Gasteiger partial charge < -0.3 is 14.5 Å². The van der Waals surface area contributed by atoms with E-state index in [1.54, 1.807) is 11.8 Å². The number of hydrogen-bond donors (Lipinski definition) is 0. The molecule has 2 rings (SSSR count). The van der Waals surface area contributed by atoms with Crippen LogP contribution >= 0.6 is 48.4 Å². The average Bonchev–Trinajstić information content (AvgIpc) is 2.77. The third kappa shape index (κ3) is 5.37. The van der Waals surface area contributed by atoms with E-state index in [0.29, 0.717) is 28.1 Å². The summed E-state index contributed by atoms with van der Waals surface area (Å²) in [7, 11) is 3.95. The number of thioether (sulfide) groups is 1. The van der Waals surface area contributed by atoms with Gasteiger partial charge in [-0.2, -0.15) is 0 Å². The Bertz CT molecular complexity index is 446. The fraction of sp³-hybridized carbons (Fsp3) is 0.688. The second kappa shape index (κ2) is 9.30. The lowest BCUT2D eigenvalue weighted by Crippen LogP contribution is -2.34. The maximum absolute atomic E-state index is 5.14. The van der Waals surface area contributed by atoms with Gasteiger partial charge in [-0.15, -0.1) is 0 Å². The van der Waals surface area contributed by atoms with E-state index in [4.69, 9.17) is 41.4 Å². The number of hydrogen-bond acceptors (Lipinski definition) is 5. The molecular weight excluding hydrogens is 364 g/mol. The largest absolute Gasteiger partial charge is 0.422 e. The van der Waals surface area contributed by atoms with Crippen LogP contribution in [0.4, 0.5) is 0 Å². The molecule has 0 spiro atoms. The van der Waals surface area contributed by atoms with Crippen LogP contribution in [-0.2, 0) is 4.74 Å². The molecule has 2 heterocycles. The Labute approximate surface area is 161 Å². The lowest BCUT2D eigenvalue weighted by Gasteiger charge is -2.23. The van der Waals surface area contributed by atoms with E-state index in [-0.39, 0.29) is 13.5 Å². The highest BCUT2D eigenvalue weighted by Crippen LogP contribution is 2.36. The Balaban J connectivity index is 0.000000403. The molecule has 3 nitrogen and oxygen atoms in total. The second-order valence-electron chi connectivity index (χ2n) is 6.12. The normalized spacial score (nSPS) is 24.0. The molecule has 0 bridgehead atoms. The Morgan fingerprint density at radius 3 is 1.65 bits per heavy atom. The third-order valence-electron chi connectivity index (χ3n) is 3.65. The molecule has 2 saturated heterocycles. The summed E-state index contributed by atoms with van der Waals surface area (Å²) in [5, 5.41) is 1.10. The third-order valence-corrected chi connectivity index (χ3v) is 5.85. The molecule has 0 amide bonds. The minimum atomic E-state index is 0. The maximum Gasteiger partial charge on any atom is 0.265 e. The topological polar surface area (TPSA) is 15.7 Å². The molecule has 0 radical (unpaired) electrons. The molecule has 7 heteroatoms. The molecule has 2 aliphatic rings. The predicted octanol–water partition coefficient (Wildman–Crippen LogP) is 4.71. The van der Waals surface area contributed by atoms with Gasteiger partial charge in [-0.3, -0.25) is 0 Å². The summed E-state index contributed by atoms with van der Waals surface area (Å²) in [5.74, 6) is 1.05. The summed E-state index contributed by atoms with van der Waals surface area (Å²) in [5.41, 5.74) is 0. The first kappa shape index (κ1) is 22.8. The van der Waals surface area contributed by atoms with Gasteiger partial charge in [-0.1, -0.05) is 65.7 Å². The number of nitrogens with zero attached hydrogens (tertiary/aromatic N) is 2. The molecule has 2 aliphatic heterocycles. The molecular formula is C16H28N2OS4. The van der Waals surface area contributed by atoms with Gasteiger partial charge in [0.1, 0.15) is 10.4 Å². The molecule has 23 heavy (non-hydrogen) atoms. The molecule has 0 aromatic rings. The number of likely N-dealkylation sites (N-methyl/N-ethyl adjacent to an activating group) is 2. The van der Waals surface area contributed by atoms with E-state index in [2.05, 4.69) is 39.2 Å². The van der Waals surface area contributed by atoms with Crippen LogP contribution in [0.2, 0.25) is 0 Å². The molecule has 0 N–H and O–H groups in total. The Morgan fingerprint density at radius 2 is 1.48 bits per heavy atom. The summed E-state index contributed by atoms with van der Waals surface area (Å²) in [6, 6.07) is 0.616. The maximum atomic E-state index is 5.14. The first-order valence-electron chi connectivity index (χ1n) is 7.19. The van der Waals surface area contributed by atoms with Gasteiger partial charge in [0, 0.05) is 19.0 Å². The summed E-state index contributed by atoms with van der Waals surface area (Å²) in [4.78, 5) is 5.22. The zero-order valence-electron chi connectivity index (χ0n) is 14.0. The highest BCUT2D eigenvalue weighted by atomic mass is 32.2. The average molecular weight is 393 g/mol. The van der Waals surface area contributed by atoms with Crippen molar-refractivity contribution in [3.05, 3.63) is 11.5 Å². The predicted molar refractivity (Wildman–Crippen MR) is 115 cm³/mol. The Hall–Kier alpha value is -0.240. The molecule has 0 aliphatic carbocycles. The first-order chi connectivity index (χ1) is 10.1. The monoisotopic (exact) mass is 392 g/mol. The van der Waals surface area contributed by atoms with E-state index in [1.807, 2.05) is 19.0 Å². The fourth-order valence-corrected chi connectivity index (χ4v) is 4.84. The molecule has 2 atom stereocenters. The smallest absolute Gasteiger partial charge is 0.265 e. The van der Waals surface area contributed by atoms with Crippen molar-refractivity contribution in [1.82, 2.24) is 9.80 Å². The van der Waals surface area contributed by atoms with Crippen LogP contribution < -0.4 is 0 Å². The molecule has 2 fully saturated rings. The second-order valence-corrected chi connectivity index (χ2v) is 8.63. The van der Waals surface area contributed by atoms with Crippen molar-refractivity contribution in [1.29, 1.82) is 0 Å². The van der Waals surface area contributed by atoms with Gasteiger partial charge in [0.25, 0.3) is 5.17 Å². The van der Waals surface area contributed by atoms with Crippen LogP contribution in [0.5, 0.6) is 0 Å². The van der Waals surface area contributed by atoms with Crippen LogP contribution in [0.15, 0.2) is 11.5 Å². The van der Waals surface area contributed by atoms with E-state index < -0.39 is 0 Å². The van der Waals surface area contributed by atoms with Gasteiger partial charge in [-0.05, 0) is 36.3 Å². The zero-order valence-corrected chi connectivity index (χ0v) is 17.2. The van der Waals surface area contributed by atoms with Crippen LogP contribution in [-0.4, -0.2) is 50.5 Å². The zero-order chi connectivity index (χ0) is 17.2. The van der Waals surface area contributed by atoms with E-state index in [9.17, 15) is 0 Å². The Morgan fingerprint density at radius 1 is 1.00 bits per heavy atom. The van der Waals surface area contributed by atoms with Crippen molar-refractivity contribution >= 4 is 63.0 Å². The van der Waals surface area contributed by atoms with Crippen molar-refractivity contribution < 1.29 is 4.74 Å². The van der Waals surface area contributed by atoms with E-state index in [0.717, 1.165) is 4.32 Å². The molecule has 132 valence electrons. The Kier molecular flexibility index (Phi) is 9.20. The van der Waals surface area contributed by atoms with Gasteiger partial charge >= 0.3 is 0 Å². The summed E-state index contributed by atoms with van der Waals surface area (Å²) < 4.78 is 6.09. The van der Waals surface area contributed by atoms with Crippen LogP contribution in [0.25, 0.3) is 0 Å². The SMILES string of the molecule is C.C=C1SC(=S)N(C)C1C(C)C.CC(C)C1C(=S)OC(=S)N1C. The quantitative estimate of drug-likeness (QED) is 0.624. The molecule has 0 saturated carbocycles. The van der Waals surface area contributed by atoms with Gasteiger partial charge in [0.05, 0.1) is 6.04 Å². The molecule has 2 unspecified atom stereocenters. The summed E-state index contributed by atoms with van der Waals surface area (Å²) in [6.07, 6.45) is 0. The minimum absolute atomic E-state index is 0.